The minimum absolute atomic E-state index is 0. The van der Waals surface area contributed by atoms with E-state index in [0.717, 1.165) is 17.9 Å². The third kappa shape index (κ3) is 10.2. The zero-order chi connectivity index (χ0) is 19.6. The fourth-order valence-electron chi connectivity index (χ4n) is 2.30. The van der Waals surface area contributed by atoms with E-state index in [0.29, 0.717) is 19.1 Å². The molecule has 1 amide bonds. The maximum Gasteiger partial charge on any atom is 0.240 e. The largest absolute Gasteiger partial charge is 0.489 e. The molecule has 1 aromatic rings. The van der Waals surface area contributed by atoms with Crippen LogP contribution in [0.25, 0.3) is 0 Å². The first kappa shape index (κ1) is 25.2. The van der Waals surface area contributed by atoms with E-state index >= 15 is 0 Å². The summed E-state index contributed by atoms with van der Waals surface area (Å²) in [6, 6.07) is 7.79. The highest BCUT2D eigenvalue weighted by Gasteiger charge is 2.16. The standard InChI is InChI=1S/C20H32N4O2.HI/c1-7-13-26-17-12-10-9-11-16(17)14-22-19(21-8-2)24(6)15-18(25)23-20(3,4)5;/h7,9-12H,1,8,13-15H2,2-6H3,(H,21,22)(H,23,25);1H. The number of rotatable bonds is 8. The van der Waals surface area contributed by atoms with Gasteiger partial charge in [0.2, 0.25) is 5.91 Å². The average molecular weight is 488 g/mol. The minimum Gasteiger partial charge on any atom is -0.489 e. The number of benzene rings is 1. The Hall–Kier alpha value is -1.77. The lowest BCUT2D eigenvalue weighted by Gasteiger charge is -2.25. The summed E-state index contributed by atoms with van der Waals surface area (Å²) in [7, 11) is 1.85. The number of hydrogen-bond donors (Lipinski definition) is 2. The summed E-state index contributed by atoms with van der Waals surface area (Å²) in [4.78, 5) is 18.6. The minimum atomic E-state index is -0.255. The summed E-state index contributed by atoms with van der Waals surface area (Å²) in [5.41, 5.74) is 0.728. The number of para-hydroxylation sites is 1. The molecule has 0 aromatic heterocycles. The smallest absolute Gasteiger partial charge is 0.240 e. The Labute approximate surface area is 180 Å². The van der Waals surface area contributed by atoms with Gasteiger partial charge in [-0.15, -0.1) is 24.0 Å². The number of amides is 1. The maximum absolute atomic E-state index is 12.2. The molecule has 7 heteroatoms. The molecule has 0 atom stereocenters. The van der Waals surface area contributed by atoms with E-state index in [1.54, 1.807) is 6.08 Å². The number of carbonyl (C=O) groups excluding carboxylic acids is 1. The predicted octanol–water partition coefficient (Wildman–Crippen LogP) is 3.18. The van der Waals surface area contributed by atoms with Crippen molar-refractivity contribution in [2.75, 3.05) is 26.7 Å². The van der Waals surface area contributed by atoms with Crippen LogP contribution in [0.3, 0.4) is 0 Å². The van der Waals surface area contributed by atoms with Crippen LogP contribution in [0.15, 0.2) is 41.9 Å². The van der Waals surface area contributed by atoms with Crippen LogP contribution < -0.4 is 15.4 Å². The van der Waals surface area contributed by atoms with E-state index in [9.17, 15) is 4.79 Å². The molecule has 0 radical (unpaired) electrons. The van der Waals surface area contributed by atoms with Gasteiger partial charge in [-0.1, -0.05) is 30.9 Å². The summed E-state index contributed by atoms with van der Waals surface area (Å²) in [6.07, 6.45) is 1.71. The van der Waals surface area contributed by atoms with Crippen molar-refractivity contribution >= 4 is 35.8 Å². The fraction of sp³-hybridized carbons (Fsp3) is 0.500. The molecule has 0 aliphatic rings. The lowest BCUT2D eigenvalue weighted by atomic mass is 10.1. The molecule has 0 fully saturated rings. The molecule has 0 unspecified atom stereocenters. The summed E-state index contributed by atoms with van der Waals surface area (Å²) >= 11 is 0. The Morgan fingerprint density at radius 1 is 1.33 bits per heavy atom. The van der Waals surface area contributed by atoms with Gasteiger partial charge in [-0.3, -0.25) is 4.79 Å². The topological polar surface area (TPSA) is 66.0 Å². The third-order valence-electron chi connectivity index (χ3n) is 3.32. The Balaban J connectivity index is 0.00000676. The van der Waals surface area contributed by atoms with Crippen LogP contribution >= 0.6 is 24.0 Å². The van der Waals surface area contributed by atoms with Crippen molar-refractivity contribution in [3.8, 4) is 5.75 Å². The first-order chi connectivity index (χ1) is 12.3. The van der Waals surface area contributed by atoms with E-state index in [2.05, 4.69) is 22.2 Å². The first-order valence-electron chi connectivity index (χ1n) is 8.89. The number of carbonyl (C=O) groups is 1. The molecule has 0 saturated heterocycles. The zero-order valence-corrected chi connectivity index (χ0v) is 19.4. The Kier molecular flexibility index (Phi) is 11.8. The van der Waals surface area contributed by atoms with Gasteiger partial charge in [0.1, 0.15) is 12.4 Å². The number of ether oxygens (including phenoxy) is 1. The van der Waals surface area contributed by atoms with Crippen molar-refractivity contribution in [3.05, 3.63) is 42.5 Å². The number of guanidine groups is 1. The number of likely N-dealkylation sites (N-methyl/N-ethyl adjacent to an activating group) is 1. The highest BCUT2D eigenvalue weighted by Crippen LogP contribution is 2.19. The lowest BCUT2D eigenvalue weighted by Crippen LogP contribution is -2.48. The number of nitrogens with one attached hydrogen (secondary N) is 2. The molecular formula is C20H33IN4O2. The molecule has 27 heavy (non-hydrogen) atoms. The molecule has 0 aliphatic carbocycles. The molecule has 0 spiro atoms. The monoisotopic (exact) mass is 488 g/mol. The fourth-order valence-corrected chi connectivity index (χ4v) is 2.30. The first-order valence-corrected chi connectivity index (χ1v) is 8.89. The number of nitrogens with zero attached hydrogens (tertiary/aromatic N) is 2. The molecule has 6 nitrogen and oxygen atoms in total. The van der Waals surface area contributed by atoms with Crippen LogP contribution in [0, 0.1) is 0 Å². The van der Waals surface area contributed by atoms with Gasteiger partial charge in [0.25, 0.3) is 0 Å². The Morgan fingerprint density at radius 3 is 2.59 bits per heavy atom. The van der Waals surface area contributed by atoms with Gasteiger partial charge in [0.15, 0.2) is 5.96 Å². The maximum atomic E-state index is 12.2. The molecular weight excluding hydrogens is 455 g/mol. The van der Waals surface area contributed by atoms with E-state index in [1.807, 2.05) is 63.9 Å². The van der Waals surface area contributed by atoms with E-state index in [-0.39, 0.29) is 42.0 Å². The van der Waals surface area contributed by atoms with Gasteiger partial charge in [-0.25, -0.2) is 4.99 Å². The average Bonchev–Trinajstić information content (AvgIpc) is 2.55. The molecule has 0 aliphatic heterocycles. The van der Waals surface area contributed by atoms with E-state index in [4.69, 9.17) is 4.74 Å². The lowest BCUT2D eigenvalue weighted by molar-refractivity contribution is -0.122. The molecule has 2 N–H and O–H groups in total. The normalized spacial score (nSPS) is 11.2. The van der Waals surface area contributed by atoms with Gasteiger partial charge in [0.05, 0.1) is 13.1 Å². The molecule has 0 heterocycles. The van der Waals surface area contributed by atoms with Crippen LogP contribution in [-0.4, -0.2) is 49.0 Å². The van der Waals surface area contributed by atoms with Crippen molar-refractivity contribution in [2.45, 2.75) is 39.8 Å². The summed E-state index contributed by atoms with van der Waals surface area (Å²) in [5, 5.41) is 6.18. The summed E-state index contributed by atoms with van der Waals surface area (Å²) < 4.78 is 5.67. The summed E-state index contributed by atoms with van der Waals surface area (Å²) in [5.74, 6) is 1.43. The molecule has 0 bridgehead atoms. The zero-order valence-electron chi connectivity index (χ0n) is 17.0. The number of aliphatic imine (C=N–C) groups is 1. The number of halogens is 1. The van der Waals surface area contributed by atoms with Crippen molar-refractivity contribution < 1.29 is 9.53 Å². The molecule has 1 aromatic carbocycles. The highest BCUT2D eigenvalue weighted by molar-refractivity contribution is 14.0. The second kappa shape index (κ2) is 12.6. The van der Waals surface area contributed by atoms with Crippen LogP contribution in [0.2, 0.25) is 0 Å². The van der Waals surface area contributed by atoms with Crippen molar-refractivity contribution in [2.24, 2.45) is 4.99 Å². The second-order valence-corrected chi connectivity index (χ2v) is 7.03. The number of hydrogen-bond acceptors (Lipinski definition) is 3. The van der Waals surface area contributed by atoms with Crippen LogP contribution in [0.5, 0.6) is 5.75 Å². The quantitative estimate of drug-likeness (QED) is 0.255. The van der Waals surface area contributed by atoms with Gasteiger partial charge in [0, 0.05) is 24.7 Å². The molecule has 152 valence electrons. The van der Waals surface area contributed by atoms with Crippen LogP contribution in [-0.2, 0) is 11.3 Å². The third-order valence-corrected chi connectivity index (χ3v) is 3.32. The Morgan fingerprint density at radius 2 is 2.00 bits per heavy atom. The van der Waals surface area contributed by atoms with E-state index in [1.165, 1.54) is 0 Å². The van der Waals surface area contributed by atoms with Crippen molar-refractivity contribution in [1.29, 1.82) is 0 Å². The van der Waals surface area contributed by atoms with Gasteiger partial charge in [-0.05, 0) is 33.8 Å². The van der Waals surface area contributed by atoms with Crippen LogP contribution in [0.1, 0.15) is 33.3 Å². The van der Waals surface area contributed by atoms with Gasteiger partial charge >= 0.3 is 0 Å². The highest BCUT2D eigenvalue weighted by atomic mass is 127. The Bertz CT molecular complexity index is 627. The molecule has 1 rings (SSSR count). The van der Waals surface area contributed by atoms with Crippen molar-refractivity contribution in [3.63, 3.8) is 0 Å². The SMILES string of the molecule is C=CCOc1ccccc1CN=C(NCC)N(C)CC(=O)NC(C)(C)C.I. The summed E-state index contributed by atoms with van der Waals surface area (Å²) in [6.45, 7) is 13.4. The second-order valence-electron chi connectivity index (χ2n) is 7.03. The van der Waals surface area contributed by atoms with Crippen molar-refractivity contribution in [1.82, 2.24) is 15.5 Å². The van der Waals surface area contributed by atoms with E-state index < -0.39 is 0 Å². The van der Waals surface area contributed by atoms with Gasteiger partial charge < -0.3 is 20.3 Å². The van der Waals surface area contributed by atoms with Crippen LogP contribution in [0.4, 0.5) is 0 Å². The predicted molar refractivity (Wildman–Crippen MR) is 123 cm³/mol. The molecule has 0 saturated carbocycles. The van der Waals surface area contributed by atoms with Gasteiger partial charge in [-0.2, -0.15) is 0 Å².